The van der Waals surface area contributed by atoms with Crippen molar-refractivity contribution in [1.82, 2.24) is 15.1 Å². The van der Waals surface area contributed by atoms with E-state index in [9.17, 15) is 9.59 Å². The molecule has 1 aliphatic heterocycles. The molecule has 2 heterocycles. The minimum atomic E-state index is -0.390. The van der Waals surface area contributed by atoms with Crippen LogP contribution in [-0.2, 0) is 9.59 Å². The van der Waals surface area contributed by atoms with E-state index in [0.29, 0.717) is 18.1 Å². The van der Waals surface area contributed by atoms with Gasteiger partial charge in [0.1, 0.15) is 6.04 Å². The van der Waals surface area contributed by atoms with Gasteiger partial charge in [0, 0.05) is 23.2 Å². The first kappa shape index (κ1) is 15.9. The highest BCUT2D eigenvalue weighted by Crippen LogP contribution is 2.26. The molecule has 0 spiro atoms. The summed E-state index contributed by atoms with van der Waals surface area (Å²) < 4.78 is 0. The van der Waals surface area contributed by atoms with E-state index in [1.807, 2.05) is 26.0 Å². The topological polar surface area (TPSA) is 78.1 Å². The molecule has 1 aromatic heterocycles. The molecule has 1 unspecified atom stereocenters. The highest BCUT2D eigenvalue weighted by molar-refractivity contribution is 7.99. The van der Waals surface area contributed by atoms with Crippen molar-refractivity contribution in [2.45, 2.75) is 32.7 Å². The molecule has 1 aliphatic rings. The highest BCUT2D eigenvalue weighted by atomic mass is 32.2. The normalized spacial score (nSPS) is 17.7. The van der Waals surface area contributed by atoms with Gasteiger partial charge in [-0.2, -0.15) is 5.10 Å². The molecule has 2 amide bonds. The van der Waals surface area contributed by atoms with Crippen molar-refractivity contribution in [2.24, 2.45) is 0 Å². The highest BCUT2D eigenvalue weighted by Gasteiger charge is 2.34. The van der Waals surface area contributed by atoms with Gasteiger partial charge in [-0.25, -0.2) is 0 Å². The number of nitrogens with one attached hydrogen (secondary N) is 2. The second-order valence-electron chi connectivity index (χ2n) is 5.74. The number of H-pyrrole nitrogens is 1. The fourth-order valence-electron chi connectivity index (χ4n) is 2.71. The lowest BCUT2D eigenvalue weighted by Gasteiger charge is -2.23. The number of benzene rings is 1. The molecule has 0 radical (unpaired) electrons. The van der Waals surface area contributed by atoms with E-state index in [1.54, 1.807) is 22.9 Å². The summed E-state index contributed by atoms with van der Waals surface area (Å²) in [6.45, 7) is 3.92. The number of hydrogen-bond acceptors (Lipinski definition) is 4. The van der Waals surface area contributed by atoms with Crippen LogP contribution >= 0.6 is 11.8 Å². The zero-order chi connectivity index (χ0) is 16.4. The van der Waals surface area contributed by atoms with Crippen LogP contribution in [0, 0.1) is 6.92 Å². The number of amides is 2. The summed E-state index contributed by atoms with van der Waals surface area (Å²) in [7, 11) is 0. The van der Waals surface area contributed by atoms with Crippen LogP contribution in [0.15, 0.2) is 18.3 Å². The number of carbonyl (C=O) groups excluding carboxylic acids is 2. The third kappa shape index (κ3) is 3.19. The largest absolute Gasteiger partial charge is 0.324 e. The van der Waals surface area contributed by atoms with E-state index in [0.717, 1.165) is 28.6 Å². The Morgan fingerprint density at radius 2 is 2.30 bits per heavy atom. The molecular weight excluding hydrogens is 312 g/mol. The molecular formula is C16H20N4O2S. The fourth-order valence-corrected chi connectivity index (χ4v) is 3.89. The number of hydrogen-bond donors (Lipinski definition) is 2. The SMILES string of the molecule is CCCC(=O)N1CSCC1C(=O)Nc1cc2cn[nH]c2cc1C. The van der Waals surface area contributed by atoms with Crippen molar-refractivity contribution in [3.63, 3.8) is 0 Å². The summed E-state index contributed by atoms with van der Waals surface area (Å²) in [6, 6.07) is 3.48. The van der Waals surface area contributed by atoms with Gasteiger partial charge in [-0.3, -0.25) is 14.7 Å². The Bertz CT molecular complexity index is 743. The number of aromatic amines is 1. The second kappa shape index (κ2) is 6.62. The zero-order valence-electron chi connectivity index (χ0n) is 13.3. The quantitative estimate of drug-likeness (QED) is 0.902. The van der Waals surface area contributed by atoms with E-state index in [2.05, 4.69) is 15.5 Å². The van der Waals surface area contributed by atoms with Gasteiger partial charge in [-0.15, -0.1) is 11.8 Å². The van der Waals surface area contributed by atoms with Gasteiger partial charge in [0.25, 0.3) is 0 Å². The number of rotatable bonds is 4. The monoisotopic (exact) mass is 332 g/mol. The van der Waals surface area contributed by atoms with Crippen LogP contribution in [-0.4, -0.2) is 44.6 Å². The molecule has 2 N–H and O–H groups in total. The Kier molecular flexibility index (Phi) is 4.56. The first-order valence-electron chi connectivity index (χ1n) is 7.72. The van der Waals surface area contributed by atoms with E-state index in [-0.39, 0.29) is 11.8 Å². The Morgan fingerprint density at radius 3 is 3.09 bits per heavy atom. The predicted octanol–water partition coefficient (Wildman–Crippen LogP) is 2.51. The second-order valence-corrected chi connectivity index (χ2v) is 6.74. The minimum absolute atomic E-state index is 0.0552. The van der Waals surface area contributed by atoms with E-state index in [4.69, 9.17) is 0 Å². The number of anilines is 1. The van der Waals surface area contributed by atoms with Gasteiger partial charge < -0.3 is 10.2 Å². The number of thioether (sulfide) groups is 1. The van der Waals surface area contributed by atoms with Crippen molar-refractivity contribution in [3.8, 4) is 0 Å². The molecule has 1 atom stereocenters. The average Bonchev–Trinajstić information content (AvgIpc) is 3.16. The third-order valence-electron chi connectivity index (χ3n) is 4.01. The Morgan fingerprint density at radius 1 is 1.48 bits per heavy atom. The molecule has 0 saturated carbocycles. The fraction of sp³-hybridized carbons (Fsp3) is 0.438. The maximum Gasteiger partial charge on any atom is 0.248 e. The van der Waals surface area contributed by atoms with E-state index in [1.165, 1.54) is 0 Å². The molecule has 1 fully saturated rings. The standard InChI is InChI=1S/C16H20N4O2S/c1-3-4-15(21)20-9-23-8-14(20)16(22)18-12-6-11-7-17-19-13(11)5-10(12)2/h5-7,14H,3-4,8-9H2,1-2H3,(H,17,19)(H,18,22). The van der Waals surface area contributed by atoms with Crippen molar-refractivity contribution >= 4 is 40.2 Å². The first-order valence-corrected chi connectivity index (χ1v) is 8.87. The summed E-state index contributed by atoms with van der Waals surface area (Å²) >= 11 is 1.62. The lowest BCUT2D eigenvalue weighted by molar-refractivity contribution is -0.136. The Labute approximate surface area is 139 Å². The molecule has 2 aromatic rings. The van der Waals surface area contributed by atoms with Crippen LogP contribution in [0.2, 0.25) is 0 Å². The molecule has 1 aromatic carbocycles. The molecule has 23 heavy (non-hydrogen) atoms. The molecule has 3 rings (SSSR count). The Balaban J connectivity index is 1.77. The molecule has 6 nitrogen and oxygen atoms in total. The van der Waals surface area contributed by atoms with Crippen LogP contribution in [0.5, 0.6) is 0 Å². The maximum absolute atomic E-state index is 12.6. The van der Waals surface area contributed by atoms with Gasteiger partial charge in [-0.05, 0) is 31.0 Å². The number of fused-ring (bicyclic) bond motifs is 1. The lowest BCUT2D eigenvalue weighted by atomic mass is 10.1. The van der Waals surface area contributed by atoms with Gasteiger partial charge in [-0.1, -0.05) is 6.92 Å². The molecule has 1 saturated heterocycles. The summed E-state index contributed by atoms with van der Waals surface area (Å²) in [4.78, 5) is 26.4. The third-order valence-corrected chi connectivity index (χ3v) is 5.02. The van der Waals surface area contributed by atoms with Gasteiger partial charge in [0.15, 0.2) is 0 Å². The molecule has 122 valence electrons. The molecule has 0 aliphatic carbocycles. The van der Waals surface area contributed by atoms with Crippen molar-refractivity contribution in [1.29, 1.82) is 0 Å². The van der Waals surface area contributed by atoms with E-state index < -0.39 is 6.04 Å². The van der Waals surface area contributed by atoms with Gasteiger partial charge in [0.2, 0.25) is 11.8 Å². The summed E-state index contributed by atoms with van der Waals surface area (Å²) in [5.74, 6) is 1.18. The summed E-state index contributed by atoms with van der Waals surface area (Å²) in [6.07, 6.45) is 3.02. The molecule has 0 bridgehead atoms. The van der Waals surface area contributed by atoms with Crippen molar-refractivity contribution < 1.29 is 9.59 Å². The zero-order valence-corrected chi connectivity index (χ0v) is 14.1. The van der Waals surface area contributed by atoms with Crippen LogP contribution < -0.4 is 5.32 Å². The maximum atomic E-state index is 12.6. The Hall–Kier alpha value is -2.02. The first-order chi connectivity index (χ1) is 11.1. The van der Waals surface area contributed by atoms with Crippen LogP contribution in [0.4, 0.5) is 5.69 Å². The minimum Gasteiger partial charge on any atom is -0.324 e. The number of nitrogens with zero attached hydrogens (tertiary/aromatic N) is 2. The lowest BCUT2D eigenvalue weighted by Crippen LogP contribution is -2.44. The van der Waals surface area contributed by atoms with E-state index >= 15 is 0 Å². The van der Waals surface area contributed by atoms with Crippen LogP contribution in [0.3, 0.4) is 0 Å². The summed E-state index contributed by atoms with van der Waals surface area (Å²) in [5.41, 5.74) is 2.67. The van der Waals surface area contributed by atoms with Gasteiger partial charge in [0.05, 0.1) is 17.6 Å². The van der Waals surface area contributed by atoms with Crippen LogP contribution in [0.1, 0.15) is 25.3 Å². The smallest absolute Gasteiger partial charge is 0.248 e. The average molecular weight is 332 g/mol. The van der Waals surface area contributed by atoms with Gasteiger partial charge >= 0.3 is 0 Å². The van der Waals surface area contributed by atoms with Crippen LogP contribution in [0.25, 0.3) is 10.9 Å². The van der Waals surface area contributed by atoms with Crippen molar-refractivity contribution in [2.75, 3.05) is 16.9 Å². The number of aryl methyl sites for hydroxylation is 1. The predicted molar refractivity (Wildman–Crippen MR) is 92.3 cm³/mol. The molecule has 7 heteroatoms. The number of carbonyl (C=O) groups is 2. The summed E-state index contributed by atoms with van der Waals surface area (Å²) in [5, 5.41) is 10.8. The van der Waals surface area contributed by atoms with Crippen molar-refractivity contribution in [3.05, 3.63) is 23.9 Å². The number of aromatic nitrogens is 2.